The van der Waals surface area contributed by atoms with E-state index in [0.29, 0.717) is 12.1 Å². The monoisotopic (exact) mass is 292 g/mol. The Hall–Kier alpha value is -2.04. The third-order valence-electron chi connectivity index (χ3n) is 3.28. The summed E-state index contributed by atoms with van der Waals surface area (Å²) in [7, 11) is 0. The topological polar surface area (TPSA) is 78.4 Å². The predicted molar refractivity (Wildman–Crippen MR) is 83.5 cm³/mol. The molecule has 0 heterocycles. The number of aryl methyl sites for hydroxylation is 1. The molecule has 21 heavy (non-hydrogen) atoms. The number of benzene rings is 1. The Morgan fingerprint density at radius 1 is 1.19 bits per heavy atom. The van der Waals surface area contributed by atoms with Crippen LogP contribution in [0.4, 0.5) is 10.5 Å². The SMILES string of the molecule is CCCCc1ccc(NC(=O)NC(CC)CC(=O)O)cc1. The van der Waals surface area contributed by atoms with Crippen molar-refractivity contribution in [2.45, 2.75) is 52.0 Å². The molecule has 1 unspecified atom stereocenters. The van der Waals surface area contributed by atoms with E-state index in [1.165, 1.54) is 5.56 Å². The number of hydrogen-bond donors (Lipinski definition) is 3. The van der Waals surface area contributed by atoms with Crippen LogP contribution in [-0.2, 0) is 11.2 Å². The molecule has 116 valence electrons. The van der Waals surface area contributed by atoms with E-state index in [9.17, 15) is 9.59 Å². The molecule has 0 saturated carbocycles. The van der Waals surface area contributed by atoms with Gasteiger partial charge in [0.05, 0.1) is 6.42 Å². The van der Waals surface area contributed by atoms with Crippen LogP contribution in [0.25, 0.3) is 0 Å². The van der Waals surface area contributed by atoms with Gasteiger partial charge in [0.15, 0.2) is 0 Å². The molecule has 0 aliphatic carbocycles. The minimum atomic E-state index is -0.914. The second-order valence-electron chi connectivity index (χ2n) is 5.10. The van der Waals surface area contributed by atoms with Gasteiger partial charge >= 0.3 is 12.0 Å². The molecule has 0 saturated heterocycles. The fourth-order valence-corrected chi connectivity index (χ4v) is 2.00. The first-order valence-corrected chi connectivity index (χ1v) is 7.43. The fraction of sp³-hybridized carbons (Fsp3) is 0.500. The molecule has 1 rings (SSSR count). The maximum Gasteiger partial charge on any atom is 0.319 e. The molecule has 3 N–H and O–H groups in total. The lowest BCUT2D eigenvalue weighted by Gasteiger charge is -2.15. The number of carboxylic acid groups (broad SMARTS) is 1. The zero-order chi connectivity index (χ0) is 15.7. The zero-order valence-electron chi connectivity index (χ0n) is 12.7. The van der Waals surface area contributed by atoms with E-state index in [0.717, 1.165) is 19.3 Å². The Kier molecular flexibility index (Phi) is 7.29. The summed E-state index contributed by atoms with van der Waals surface area (Å²) in [5, 5.41) is 14.1. The van der Waals surface area contributed by atoms with Crippen LogP contribution >= 0.6 is 0 Å². The van der Waals surface area contributed by atoms with Crippen molar-refractivity contribution >= 4 is 17.7 Å². The number of urea groups is 1. The van der Waals surface area contributed by atoms with Gasteiger partial charge in [-0.25, -0.2) is 4.79 Å². The number of carbonyl (C=O) groups excluding carboxylic acids is 1. The van der Waals surface area contributed by atoms with E-state index in [4.69, 9.17) is 5.11 Å². The second kappa shape index (κ2) is 9.00. The van der Waals surface area contributed by atoms with Crippen molar-refractivity contribution in [2.75, 3.05) is 5.32 Å². The normalized spacial score (nSPS) is 11.7. The second-order valence-corrected chi connectivity index (χ2v) is 5.10. The molecular weight excluding hydrogens is 268 g/mol. The van der Waals surface area contributed by atoms with Crippen LogP contribution in [0.15, 0.2) is 24.3 Å². The van der Waals surface area contributed by atoms with Crippen LogP contribution in [0.1, 0.15) is 45.1 Å². The van der Waals surface area contributed by atoms with E-state index in [1.807, 2.05) is 31.2 Å². The summed E-state index contributed by atoms with van der Waals surface area (Å²) in [6, 6.07) is 7.00. The molecule has 0 bridgehead atoms. The standard InChI is InChI=1S/C16H24N2O3/c1-3-5-6-12-7-9-14(10-8-12)18-16(21)17-13(4-2)11-15(19)20/h7-10,13H,3-6,11H2,1-2H3,(H,19,20)(H2,17,18,21). The maximum absolute atomic E-state index is 11.8. The number of anilines is 1. The molecule has 0 aliphatic heterocycles. The molecule has 1 atom stereocenters. The highest BCUT2D eigenvalue weighted by Crippen LogP contribution is 2.12. The summed E-state index contributed by atoms with van der Waals surface area (Å²) >= 11 is 0. The molecule has 0 spiro atoms. The van der Waals surface area contributed by atoms with Crippen LogP contribution in [0, 0.1) is 0 Å². The van der Waals surface area contributed by atoms with Crippen LogP contribution < -0.4 is 10.6 Å². The first-order valence-electron chi connectivity index (χ1n) is 7.43. The van der Waals surface area contributed by atoms with Gasteiger partial charge in [0.1, 0.15) is 0 Å². The van der Waals surface area contributed by atoms with Gasteiger partial charge in [0.2, 0.25) is 0 Å². The van der Waals surface area contributed by atoms with E-state index in [1.54, 1.807) is 0 Å². The number of amides is 2. The average Bonchev–Trinajstić information content (AvgIpc) is 2.45. The van der Waals surface area contributed by atoms with Gasteiger partial charge in [-0.2, -0.15) is 0 Å². The van der Waals surface area contributed by atoms with Gasteiger partial charge < -0.3 is 15.7 Å². The van der Waals surface area contributed by atoms with Gasteiger partial charge in [-0.15, -0.1) is 0 Å². The molecule has 0 radical (unpaired) electrons. The fourth-order valence-electron chi connectivity index (χ4n) is 2.00. The van der Waals surface area contributed by atoms with Gasteiger partial charge in [-0.05, 0) is 37.0 Å². The van der Waals surface area contributed by atoms with Crippen molar-refractivity contribution in [1.29, 1.82) is 0 Å². The molecule has 2 amide bonds. The lowest BCUT2D eigenvalue weighted by Crippen LogP contribution is -2.38. The lowest BCUT2D eigenvalue weighted by atomic mass is 10.1. The van der Waals surface area contributed by atoms with E-state index < -0.39 is 5.97 Å². The molecule has 1 aromatic carbocycles. The van der Waals surface area contributed by atoms with Crippen LogP contribution in [0.2, 0.25) is 0 Å². The van der Waals surface area contributed by atoms with E-state index in [2.05, 4.69) is 17.6 Å². The highest BCUT2D eigenvalue weighted by molar-refractivity contribution is 5.89. The molecule has 5 heteroatoms. The number of unbranched alkanes of at least 4 members (excludes halogenated alkanes) is 1. The third kappa shape index (κ3) is 6.79. The van der Waals surface area contributed by atoms with E-state index in [-0.39, 0.29) is 18.5 Å². The average molecular weight is 292 g/mol. The van der Waals surface area contributed by atoms with Crippen molar-refractivity contribution in [1.82, 2.24) is 5.32 Å². The highest BCUT2D eigenvalue weighted by Gasteiger charge is 2.13. The summed E-state index contributed by atoms with van der Waals surface area (Å²) in [6.07, 6.45) is 3.86. The Labute approximate surface area is 125 Å². The number of nitrogens with one attached hydrogen (secondary N) is 2. The number of carbonyl (C=O) groups is 2. The summed E-state index contributed by atoms with van der Waals surface area (Å²) < 4.78 is 0. The third-order valence-corrected chi connectivity index (χ3v) is 3.28. The first kappa shape index (κ1) is 17.0. The number of hydrogen-bond acceptors (Lipinski definition) is 2. The van der Waals surface area contributed by atoms with Crippen molar-refractivity contribution in [3.05, 3.63) is 29.8 Å². The van der Waals surface area contributed by atoms with Crippen LogP contribution in [0.3, 0.4) is 0 Å². The molecule has 5 nitrogen and oxygen atoms in total. The molecule has 0 aliphatic rings. The Balaban J connectivity index is 2.48. The van der Waals surface area contributed by atoms with Crippen LogP contribution in [0.5, 0.6) is 0 Å². The van der Waals surface area contributed by atoms with Crippen molar-refractivity contribution < 1.29 is 14.7 Å². The predicted octanol–water partition coefficient (Wildman–Crippen LogP) is 3.40. The van der Waals surface area contributed by atoms with Crippen molar-refractivity contribution in [3.63, 3.8) is 0 Å². The van der Waals surface area contributed by atoms with Gasteiger partial charge in [-0.3, -0.25) is 4.79 Å². The summed E-state index contributed by atoms with van der Waals surface area (Å²) in [6.45, 7) is 4.00. The van der Waals surface area contributed by atoms with Gasteiger partial charge in [0.25, 0.3) is 0 Å². The number of carboxylic acids is 1. The lowest BCUT2D eigenvalue weighted by molar-refractivity contribution is -0.137. The summed E-state index contributed by atoms with van der Waals surface area (Å²) in [5.41, 5.74) is 1.96. The summed E-state index contributed by atoms with van der Waals surface area (Å²) in [4.78, 5) is 22.5. The number of aliphatic carboxylic acids is 1. The largest absolute Gasteiger partial charge is 0.481 e. The van der Waals surface area contributed by atoms with Gasteiger partial charge in [-0.1, -0.05) is 32.4 Å². The molecular formula is C16H24N2O3. The smallest absolute Gasteiger partial charge is 0.319 e. The minimum Gasteiger partial charge on any atom is -0.481 e. The first-order chi connectivity index (χ1) is 10.0. The maximum atomic E-state index is 11.8. The Morgan fingerprint density at radius 2 is 1.86 bits per heavy atom. The highest BCUT2D eigenvalue weighted by atomic mass is 16.4. The minimum absolute atomic E-state index is 0.0696. The summed E-state index contributed by atoms with van der Waals surface area (Å²) in [5.74, 6) is -0.914. The van der Waals surface area contributed by atoms with Crippen molar-refractivity contribution in [3.8, 4) is 0 Å². The molecule has 0 aromatic heterocycles. The molecule has 0 fully saturated rings. The Bertz CT molecular complexity index is 457. The van der Waals surface area contributed by atoms with Crippen molar-refractivity contribution in [2.24, 2.45) is 0 Å². The number of rotatable bonds is 8. The zero-order valence-corrected chi connectivity index (χ0v) is 12.7. The van der Waals surface area contributed by atoms with E-state index >= 15 is 0 Å². The quantitative estimate of drug-likeness (QED) is 0.687. The molecule has 1 aromatic rings. The van der Waals surface area contributed by atoms with Gasteiger partial charge in [0, 0.05) is 11.7 Å². The van der Waals surface area contributed by atoms with Crippen LogP contribution in [-0.4, -0.2) is 23.1 Å². The Morgan fingerprint density at radius 3 is 2.38 bits per heavy atom.